The number of nitrogens with one attached hydrogen (secondary N) is 1. The fraction of sp³-hybridized carbons (Fsp3) is 0.174. The van der Waals surface area contributed by atoms with Crippen LogP contribution in [0.15, 0.2) is 71.8 Å². The molecule has 8 heteroatoms. The molecule has 2 aromatic heterocycles. The Morgan fingerprint density at radius 3 is 2.65 bits per heavy atom. The molecule has 8 nitrogen and oxygen atoms in total. The Morgan fingerprint density at radius 1 is 1.00 bits per heavy atom. The second-order valence-corrected chi connectivity index (χ2v) is 7.23. The standard InChI is InChI=1S/C23H22N6O2/c30-19-8-4-5-17(13-19)16-24-26-21-15-23(28-9-11-31-12-10-28)29-22(25-21)14-20(27-29)18-6-2-1-3-7-18/h1-8,13-16,30H,9-12H2,(H,25,26). The molecule has 4 aromatic rings. The van der Waals surface area contributed by atoms with Crippen LogP contribution in [0.5, 0.6) is 5.75 Å². The van der Waals surface area contributed by atoms with E-state index in [4.69, 9.17) is 14.8 Å². The van der Waals surface area contributed by atoms with E-state index in [-0.39, 0.29) is 5.75 Å². The molecule has 1 aliphatic heterocycles. The van der Waals surface area contributed by atoms with Gasteiger partial charge in [-0.15, -0.1) is 0 Å². The van der Waals surface area contributed by atoms with Crippen LogP contribution in [0.4, 0.5) is 11.6 Å². The maximum atomic E-state index is 9.60. The van der Waals surface area contributed by atoms with Crippen molar-refractivity contribution in [1.82, 2.24) is 14.6 Å². The summed E-state index contributed by atoms with van der Waals surface area (Å²) in [6, 6.07) is 20.9. The molecule has 31 heavy (non-hydrogen) atoms. The Kier molecular flexibility index (Phi) is 5.20. The summed E-state index contributed by atoms with van der Waals surface area (Å²) in [7, 11) is 0. The summed E-state index contributed by atoms with van der Waals surface area (Å²) >= 11 is 0. The van der Waals surface area contributed by atoms with Crippen molar-refractivity contribution in [1.29, 1.82) is 0 Å². The molecule has 3 heterocycles. The van der Waals surface area contributed by atoms with Gasteiger partial charge in [-0.05, 0) is 17.7 Å². The van der Waals surface area contributed by atoms with Gasteiger partial charge in [0.2, 0.25) is 0 Å². The van der Waals surface area contributed by atoms with Crippen LogP contribution in [0, 0.1) is 0 Å². The van der Waals surface area contributed by atoms with E-state index in [1.807, 2.05) is 53.0 Å². The van der Waals surface area contributed by atoms with Gasteiger partial charge >= 0.3 is 0 Å². The van der Waals surface area contributed by atoms with E-state index >= 15 is 0 Å². The zero-order valence-corrected chi connectivity index (χ0v) is 16.8. The first kappa shape index (κ1) is 19.1. The second-order valence-electron chi connectivity index (χ2n) is 7.23. The monoisotopic (exact) mass is 414 g/mol. The molecule has 2 N–H and O–H groups in total. The first-order valence-corrected chi connectivity index (χ1v) is 10.1. The summed E-state index contributed by atoms with van der Waals surface area (Å²) in [5.41, 5.74) is 6.44. The molecule has 0 unspecified atom stereocenters. The van der Waals surface area contributed by atoms with E-state index in [0.29, 0.717) is 19.0 Å². The van der Waals surface area contributed by atoms with Crippen molar-refractivity contribution in [3.05, 3.63) is 72.3 Å². The Balaban J connectivity index is 1.50. The Labute approximate surface area is 179 Å². The van der Waals surface area contributed by atoms with Crippen molar-refractivity contribution >= 4 is 23.5 Å². The molecule has 0 aliphatic carbocycles. The normalized spacial score (nSPS) is 14.4. The van der Waals surface area contributed by atoms with Crippen LogP contribution in [0.1, 0.15) is 5.56 Å². The summed E-state index contributed by atoms with van der Waals surface area (Å²) < 4.78 is 7.39. The first-order chi connectivity index (χ1) is 15.3. The lowest BCUT2D eigenvalue weighted by atomic mass is 10.2. The molecular formula is C23H22N6O2. The number of aromatic nitrogens is 3. The van der Waals surface area contributed by atoms with Crippen LogP contribution >= 0.6 is 0 Å². The van der Waals surface area contributed by atoms with Gasteiger partial charge in [0.05, 0.1) is 25.1 Å². The predicted octanol–water partition coefficient (Wildman–Crippen LogP) is 3.38. The number of phenols is 1. The zero-order chi connectivity index (χ0) is 21.0. The number of ether oxygens (including phenoxy) is 1. The van der Waals surface area contributed by atoms with E-state index < -0.39 is 0 Å². The van der Waals surface area contributed by atoms with E-state index in [1.54, 1.807) is 24.4 Å². The maximum absolute atomic E-state index is 9.60. The molecule has 0 atom stereocenters. The minimum atomic E-state index is 0.200. The number of benzene rings is 2. The van der Waals surface area contributed by atoms with Gasteiger partial charge in [0.25, 0.3) is 0 Å². The minimum Gasteiger partial charge on any atom is -0.508 e. The lowest BCUT2D eigenvalue weighted by molar-refractivity contribution is 0.122. The number of aromatic hydroxyl groups is 1. The van der Waals surface area contributed by atoms with Gasteiger partial charge in [-0.3, -0.25) is 5.43 Å². The van der Waals surface area contributed by atoms with Crippen molar-refractivity contribution in [3.8, 4) is 17.0 Å². The number of morpholine rings is 1. The van der Waals surface area contributed by atoms with Gasteiger partial charge < -0.3 is 14.7 Å². The molecule has 1 aliphatic rings. The van der Waals surface area contributed by atoms with Crippen LogP contribution in [-0.4, -0.2) is 52.2 Å². The highest BCUT2D eigenvalue weighted by Crippen LogP contribution is 2.25. The van der Waals surface area contributed by atoms with Crippen LogP contribution in [-0.2, 0) is 4.74 Å². The number of hydrogen-bond donors (Lipinski definition) is 2. The molecule has 1 fully saturated rings. The third-order valence-corrected chi connectivity index (χ3v) is 5.08. The molecule has 0 saturated carbocycles. The maximum Gasteiger partial charge on any atom is 0.160 e. The second kappa shape index (κ2) is 8.45. The number of rotatable bonds is 5. The number of hydrogen-bond acceptors (Lipinski definition) is 7. The fourth-order valence-electron chi connectivity index (χ4n) is 3.56. The Bertz CT molecular complexity index is 1220. The summed E-state index contributed by atoms with van der Waals surface area (Å²) in [4.78, 5) is 6.93. The van der Waals surface area contributed by atoms with E-state index in [9.17, 15) is 5.11 Å². The topological polar surface area (TPSA) is 87.3 Å². The number of fused-ring (bicyclic) bond motifs is 1. The van der Waals surface area contributed by atoms with Crippen molar-refractivity contribution in [2.24, 2.45) is 5.10 Å². The predicted molar refractivity (Wildman–Crippen MR) is 121 cm³/mol. The van der Waals surface area contributed by atoms with Crippen LogP contribution in [0.3, 0.4) is 0 Å². The molecule has 1 saturated heterocycles. The van der Waals surface area contributed by atoms with Crippen LogP contribution in [0.25, 0.3) is 16.9 Å². The average Bonchev–Trinajstić information content (AvgIpc) is 3.24. The minimum absolute atomic E-state index is 0.200. The van der Waals surface area contributed by atoms with Gasteiger partial charge in [-0.1, -0.05) is 42.5 Å². The van der Waals surface area contributed by atoms with Crippen molar-refractivity contribution in [3.63, 3.8) is 0 Å². The number of nitrogens with zero attached hydrogens (tertiary/aromatic N) is 5. The summed E-state index contributed by atoms with van der Waals surface area (Å²) in [6.07, 6.45) is 1.64. The van der Waals surface area contributed by atoms with E-state index in [0.717, 1.165) is 41.4 Å². The smallest absolute Gasteiger partial charge is 0.160 e. The van der Waals surface area contributed by atoms with Crippen molar-refractivity contribution in [2.45, 2.75) is 0 Å². The lowest BCUT2D eigenvalue weighted by Gasteiger charge is -2.29. The zero-order valence-electron chi connectivity index (χ0n) is 16.8. The van der Waals surface area contributed by atoms with Gasteiger partial charge in [0, 0.05) is 30.8 Å². The largest absolute Gasteiger partial charge is 0.508 e. The first-order valence-electron chi connectivity index (χ1n) is 10.1. The number of phenolic OH excluding ortho intramolecular Hbond substituents is 1. The van der Waals surface area contributed by atoms with E-state index in [1.165, 1.54) is 0 Å². The molecule has 156 valence electrons. The van der Waals surface area contributed by atoms with Crippen LogP contribution < -0.4 is 10.3 Å². The third kappa shape index (κ3) is 4.19. The highest BCUT2D eigenvalue weighted by molar-refractivity contribution is 5.80. The van der Waals surface area contributed by atoms with E-state index in [2.05, 4.69) is 15.4 Å². The summed E-state index contributed by atoms with van der Waals surface area (Å²) in [5.74, 6) is 1.75. The number of hydrazone groups is 1. The molecule has 0 radical (unpaired) electrons. The molecule has 0 amide bonds. The molecule has 5 rings (SSSR count). The fourth-order valence-corrected chi connectivity index (χ4v) is 3.56. The van der Waals surface area contributed by atoms with Crippen LogP contribution in [0.2, 0.25) is 0 Å². The highest BCUT2D eigenvalue weighted by atomic mass is 16.5. The van der Waals surface area contributed by atoms with Gasteiger partial charge in [-0.2, -0.15) is 14.7 Å². The summed E-state index contributed by atoms with van der Waals surface area (Å²) in [6.45, 7) is 2.92. The molecule has 0 bridgehead atoms. The third-order valence-electron chi connectivity index (χ3n) is 5.08. The SMILES string of the molecule is Oc1cccc(C=NNc2cc(N3CCOCC3)n3nc(-c4ccccc4)cc3n2)c1. The van der Waals surface area contributed by atoms with Gasteiger partial charge in [0.1, 0.15) is 11.6 Å². The van der Waals surface area contributed by atoms with Crippen molar-refractivity contribution < 1.29 is 9.84 Å². The van der Waals surface area contributed by atoms with Gasteiger partial charge in [-0.25, -0.2) is 4.98 Å². The Hall–Kier alpha value is -3.91. The quantitative estimate of drug-likeness (QED) is 0.385. The molecule has 2 aromatic carbocycles. The van der Waals surface area contributed by atoms with Gasteiger partial charge in [0.15, 0.2) is 11.5 Å². The lowest BCUT2D eigenvalue weighted by Crippen LogP contribution is -2.37. The Morgan fingerprint density at radius 2 is 1.84 bits per heavy atom. The molecule has 0 spiro atoms. The molecular weight excluding hydrogens is 392 g/mol. The number of anilines is 2. The highest BCUT2D eigenvalue weighted by Gasteiger charge is 2.18. The summed E-state index contributed by atoms with van der Waals surface area (Å²) in [5, 5.41) is 18.7. The average molecular weight is 414 g/mol. The van der Waals surface area contributed by atoms with Crippen molar-refractivity contribution in [2.75, 3.05) is 36.6 Å².